The van der Waals surface area contributed by atoms with Crippen LogP contribution in [0.2, 0.25) is 5.02 Å². The van der Waals surface area contributed by atoms with Crippen LogP contribution in [0.15, 0.2) is 48.5 Å². The molecule has 5 nitrogen and oxygen atoms in total. The molecule has 2 aromatic carbocycles. The quantitative estimate of drug-likeness (QED) is 0.515. The summed E-state index contributed by atoms with van der Waals surface area (Å²) in [6, 6.07) is 14.6. The topological polar surface area (TPSA) is 58.6 Å². The van der Waals surface area contributed by atoms with Crippen LogP contribution in [-0.4, -0.2) is 41.7 Å². The van der Waals surface area contributed by atoms with Gasteiger partial charge in [0, 0.05) is 23.4 Å². The fourth-order valence-electron chi connectivity index (χ4n) is 2.90. The molecule has 2 rings (SSSR count). The number of halogens is 1. The molecule has 2 amide bonds. The molecule has 0 saturated heterocycles. The Morgan fingerprint density at radius 3 is 2.26 bits per heavy atom. The van der Waals surface area contributed by atoms with Crippen molar-refractivity contribution in [3.05, 3.63) is 64.7 Å². The lowest BCUT2D eigenvalue weighted by Gasteiger charge is -2.29. The van der Waals surface area contributed by atoms with Gasteiger partial charge in [0.25, 0.3) is 0 Å². The summed E-state index contributed by atoms with van der Waals surface area (Å²) in [7, 11) is 1.64. The summed E-state index contributed by atoms with van der Waals surface area (Å²) < 4.78 is 5.18. The summed E-state index contributed by atoms with van der Waals surface area (Å²) >= 11 is 7.52. The third-order valence-electron chi connectivity index (χ3n) is 5.09. The van der Waals surface area contributed by atoms with Crippen LogP contribution in [0.4, 0.5) is 0 Å². The van der Waals surface area contributed by atoms with Crippen LogP contribution in [0.3, 0.4) is 0 Å². The van der Waals surface area contributed by atoms with E-state index in [0.29, 0.717) is 23.1 Å². The number of rotatable bonds is 11. The Morgan fingerprint density at radius 2 is 1.68 bits per heavy atom. The standard InChI is InChI=1S/C24H31ClN2O3S/c1-5-17(2)26-24(29)18(3)27(14-19-6-10-21(25)11-7-19)23(28)16-31-15-20-8-12-22(30-4)13-9-20/h6-13,17-18H,5,14-16H2,1-4H3,(H,26,29)/t17-,18+/m0/s1. The fourth-order valence-corrected chi connectivity index (χ4v) is 3.89. The van der Waals surface area contributed by atoms with Gasteiger partial charge < -0.3 is 15.0 Å². The molecule has 0 unspecified atom stereocenters. The number of carbonyl (C=O) groups excluding carboxylic acids is 2. The van der Waals surface area contributed by atoms with Gasteiger partial charge in [0.05, 0.1) is 12.9 Å². The minimum Gasteiger partial charge on any atom is -0.497 e. The lowest BCUT2D eigenvalue weighted by Crippen LogP contribution is -2.50. The van der Waals surface area contributed by atoms with Gasteiger partial charge >= 0.3 is 0 Å². The van der Waals surface area contributed by atoms with Gasteiger partial charge in [-0.1, -0.05) is 42.8 Å². The predicted molar refractivity (Wildman–Crippen MR) is 129 cm³/mol. The molecule has 0 radical (unpaired) electrons. The molecule has 2 aromatic rings. The molecule has 2 atom stereocenters. The number of amides is 2. The van der Waals surface area contributed by atoms with Gasteiger partial charge in [-0.25, -0.2) is 0 Å². The van der Waals surface area contributed by atoms with Crippen molar-refractivity contribution in [2.45, 2.75) is 51.6 Å². The number of hydrogen-bond donors (Lipinski definition) is 1. The van der Waals surface area contributed by atoms with Crippen LogP contribution in [-0.2, 0) is 21.9 Å². The summed E-state index contributed by atoms with van der Waals surface area (Å²) in [5, 5.41) is 3.62. The zero-order chi connectivity index (χ0) is 22.8. The molecule has 7 heteroatoms. The number of nitrogens with zero attached hydrogens (tertiary/aromatic N) is 1. The molecule has 0 aliphatic rings. The first-order chi connectivity index (χ1) is 14.8. The van der Waals surface area contributed by atoms with Crippen LogP contribution in [0.5, 0.6) is 5.75 Å². The van der Waals surface area contributed by atoms with Crippen molar-refractivity contribution in [2.24, 2.45) is 0 Å². The number of ether oxygens (including phenoxy) is 1. The molecule has 0 spiro atoms. The van der Waals surface area contributed by atoms with Crippen molar-refractivity contribution in [3.63, 3.8) is 0 Å². The van der Waals surface area contributed by atoms with E-state index in [1.54, 1.807) is 31.1 Å². The fraction of sp³-hybridized carbons (Fsp3) is 0.417. The second kappa shape index (κ2) is 12.6. The van der Waals surface area contributed by atoms with Crippen molar-refractivity contribution in [3.8, 4) is 5.75 Å². The van der Waals surface area contributed by atoms with Gasteiger partial charge in [-0.05, 0) is 55.7 Å². The third-order valence-corrected chi connectivity index (χ3v) is 6.33. The molecule has 0 aliphatic carbocycles. The highest BCUT2D eigenvalue weighted by Gasteiger charge is 2.26. The number of hydrogen-bond acceptors (Lipinski definition) is 4. The Hall–Kier alpha value is -2.18. The normalized spacial score (nSPS) is 12.7. The molecule has 0 aromatic heterocycles. The minimum atomic E-state index is -0.571. The number of nitrogens with one attached hydrogen (secondary N) is 1. The molecular weight excluding hydrogens is 432 g/mol. The number of methoxy groups -OCH3 is 1. The zero-order valence-electron chi connectivity index (χ0n) is 18.6. The highest BCUT2D eigenvalue weighted by atomic mass is 35.5. The molecule has 0 bridgehead atoms. The lowest BCUT2D eigenvalue weighted by atomic mass is 10.1. The van der Waals surface area contributed by atoms with E-state index in [-0.39, 0.29) is 17.9 Å². The van der Waals surface area contributed by atoms with Crippen molar-refractivity contribution in [1.82, 2.24) is 10.2 Å². The van der Waals surface area contributed by atoms with Crippen LogP contribution >= 0.6 is 23.4 Å². The van der Waals surface area contributed by atoms with Gasteiger partial charge in [0.15, 0.2) is 0 Å². The monoisotopic (exact) mass is 462 g/mol. The summed E-state index contributed by atoms with van der Waals surface area (Å²) in [6.45, 7) is 6.11. The van der Waals surface area contributed by atoms with Gasteiger partial charge in [-0.15, -0.1) is 11.8 Å². The lowest BCUT2D eigenvalue weighted by molar-refractivity contribution is -0.138. The van der Waals surface area contributed by atoms with Crippen LogP contribution in [0.25, 0.3) is 0 Å². The molecule has 168 valence electrons. The molecule has 0 saturated carbocycles. The molecule has 0 aliphatic heterocycles. The maximum absolute atomic E-state index is 13.1. The summed E-state index contributed by atoms with van der Waals surface area (Å²) in [5.74, 6) is 1.59. The van der Waals surface area contributed by atoms with Gasteiger partial charge in [-0.3, -0.25) is 9.59 Å². The SMILES string of the molecule is CC[C@H](C)NC(=O)[C@@H](C)N(Cc1ccc(Cl)cc1)C(=O)CSCc1ccc(OC)cc1. The van der Waals surface area contributed by atoms with Gasteiger partial charge in [-0.2, -0.15) is 0 Å². The Bertz CT molecular complexity index is 843. The van der Waals surface area contributed by atoms with E-state index in [0.717, 1.165) is 23.3 Å². The van der Waals surface area contributed by atoms with Gasteiger partial charge in [0.1, 0.15) is 11.8 Å². The maximum atomic E-state index is 13.1. The van der Waals surface area contributed by atoms with E-state index < -0.39 is 6.04 Å². The van der Waals surface area contributed by atoms with E-state index in [9.17, 15) is 9.59 Å². The van der Waals surface area contributed by atoms with Gasteiger partial charge in [0.2, 0.25) is 11.8 Å². The van der Waals surface area contributed by atoms with Crippen molar-refractivity contribution < 1.29 is 14.3 Å². The van der Waals surface area contributed by atoms with E-state index in [1.165, 1.54) is 11.8 Å². The third kappa shape index (κ3) is 8.11. The average Bonchev–Trinajstić information content (AvgIpc) is 2.78. The minimum absolute atomic E-state index is 0.0619. The molecule has 31 heavy (non-hydrogen) atoms. The number of benzene rings is 2. The average molecular weight is 463 g/mol. The first-order valence-corrected chi connectivity index (χ1v) is 11.9. The van der Waals surface area contributed by atoms with E-state index in [4.69, 9.17) is 16.3 Å². The largest absolute Gasteiger partial charge is 0.497 e. The van der Waals surface area contributed by atoms with E-state index in [1.807, 2.05) is 50.2 Å². The molecule has 1 N–H and O–H groups in total. The van der Waals surface area contributed by atoms with Crippen molar-refractivity contribution in [2.75, 3.05) is 12.9 Å². The van der Waals surface area contributed by atoms with E-state index in [2.05, 4.69) is 5.32 Å². The summed E-state index contributed by atoms with van der Waals surface area (Å²) in [5.41, 5.74) is 2.05. The van der Waals surface area contributed by atoms with E-state index >= 15 is 0 Å². The predicted octanol–water partition coefficient (Wildman–Crippen LogP) is 4.91. The maximum Gasteiger partial charge on any atom is 0.242 e. The number of thioether (sulfide) groups is 1. The molecule has 0 heterocycles. The second-order valence-electron chi connectivity index (χ2n) is 7.48. The highest BCUT2D eigenvalue weighted by Crippen LogP contribution is 2.19. The number of carbonyl (C=O) groups is 2. The Labute approximate surface area is 194 Å². The first-order valence-electron chi connectivity index (χ1n) is 10.4. The molecule has 0 fully saturated rings. The highest BCUT2D eigenvalue weighted by molar-refractivity contribution is 7.99. The van der Waals surface area contributed by atoms with Crippen LogP contribution < -0.4 is 10.1 Å². The summed E-state index contributed by atoms with van der Waals surface area (Å²) in [6.07, 6.45) is 0.835. The van der Waals surface area contributed by atoms with Crippen molar-refractivity contribution >= 4 is 35.2 Å². The Morgan fingerprint density at radius 1 is 1.06 bits per heavy atom. The summed E-state index contributed by atoms with van der Waals surface area (Å²) in [4.78, 5) is 27.4. The Kier molecular flexibility index (Phi) is 10.2. The van der Waals surface area contributed by atoms with Crippen LogP contribution in [0.1, 0.15) is 38.3 Å². The van der Waals surface area contributed by atoms with Crippen molar-refractivity contribution in [1.29, 1.82) is 0 Å². The molecular formula is C24H31ClN2O3S. The Balaban J connectivity index is 2.04. The van der Waals surface area contributed by atoms with Crippen LogP contribution in [0, 0.1) is 0 Å². The zero-order valence-corrected chi connectivity index (χ0v) is 20.1. The second-order valence-corrected chi connectivity index (χ2v) is 8.90. The first kappa shape index (κ1) is 25.1. The smallest absolute Gasteiger partial charge is 0.242 e.